The average molecular weight is 176 g/mol. The van der Waals surface area contributed by atoms with Crippen LogP contribution in [0.15, 0.2) is 24.3 Å². The molecule has 2 rings (SSSR count). The van der Waals surface area contributed by atoms with Crippen LogP contribution in [0.25, 0.3) is 0 Å². The predicted octanol–water partition coefficient (Wildman–Crippen LogP) is 1.22. The summed E-state index contributed by atoms with van der Waals surface area (Å²) >= 11 is 0. The minimum Gasteiger partial charge on any atom is -0.329 e. The summed E-state index contributed by atoms with van der Waals surface area (Å²) in [6, 6.07) is 9.45. The Balaban J connectivity index is 2.37. The van der Waals surface area contributed by atoms with Crippen LogP contribution >= 0.6 is 0 Å². The summed E-state index contributed by atoms with van der Waals surface area (Å²) in [5, 5.41) is 3.50. The van der Waals surface area contributed by atoms with E-state index in [1.165, 1.54) is 11.1 Å². The summed E-state index contributed by atoms with van der Waals surface area (Å²) in [5.74, 6) is 0. The Morgan fingerprint density at radius 1 is 1.46 bits per heavy atom. The molecule has 2 atom stereocenters. The number of nitrogens with one attached hydrogen (secondary N) is 1. The fraction of sp³-hybridized carbons (Fsp3) is 0.455. The topological polar surface area (TPSA) is 38.0 Å². The summed E-state index contributed by atoms with van der Waals surface area (Å²) in [7, 11) is 0. The molecule has 2 unspecified atom stereocenters. The SMILES string of the molecule is CC1Cc2ccccc2C(CN)N1. The smallest absolute Gasteiger partial charge is 0.0449 e. The van der Waals surface area contributed by atoms with E-state index in [1.807, 2.05) is 0 Å². The second kappa shape index (κ2) is 3.48. The van der Waals surface area contributed by atoms with Crippen molar-refractivity contribution in [1.29, 1.82) is 0 Å². The van der Waals surface area contributed by atoms with Gasteiger partial charge in [0.2, 0.25) is 0 Å². The molecule has 0 saturated carbocycles. The monoisotopic (exact) mass is 176 g/mol. The van der Waals surface area contributed by atoms with Gasteiger partial charge in [-0.3, -0.25) is 0 Å². The lowest BCUT2D eigenvalue weighted by atomic mass is 9.91. The fourth-order valence-electron chi connectivity index (χ4n) is 2.08. The number of fused-ring (bicyclic) bond motifs is 1. The van der Waals surface area contributed by atoms with Gasteiger partial charge in [0.15, 0.2) is 0 Å². The van der Waals surface area contributed by atoms with Gasteiger partial charge in [0, 0.05) is 18.6 Å². The van der Waals surface area contributed by atoms with Crippen LogP contribution in [0, 0.1) is 0 Å². The average Bonchev–Trinajstić information content (AvgIpc) is 2.16. The largest absolute Gasteiger partial charge is 0.329 e. The molecule has 0 bridgehead atoms. The van der Waals surface area contributed by atoms with Crippen LogP contribution in [-0.4, -0.2) is 12.6 Å². The van der Waals surface area contributed by atoms with Crippen LogP contribution in [0.1, 0.15) is 24.1 Å². The zero-order valence-corrected chi connectivity index (χ0v) is 7.96. The van der Waals surface area contributed by atoms with Gasteiger partial charge in [-0.2, -0.15) is 0 Å². The first-order valence-corrected chi connectivity index (χ1v) is 4.85. The Morgan fingerprint density at radius 2 is 2.23 bits per heavy atom. The highest BCUT2D eigenvalue weighted by Gasteiger charge is 2.21. The van der Waals surface area contributed by atoms with E-state index in [2.05, 4.69) is 36.5 Å². The Labute approximate surface area is 79.1 Å². The highest BCUT2D eigenvalue weighted by atomic mass is 15.0. The summed E-state index contributed by atoms with van der Waals surface area (Å²) in [6.45, 7) is 2.89. The van der Waals surface area contributed by atoms with Gasteiger partial charge < -0.3 is 11.1 Å². The first-order valence-electron chi connectivity index (χ1n) is 4.85. The molecule has 2 heteroatoms. The summed E-state index contributed by atoms with van der Waals surface area (Å²) in [4.78, 5) is 0. The van der Waals surface area contributed by atoms with Crippen LogP contribution in [0.4, 0.5) is 0 Å². The van der Waals surface area contributed by atoms with Crippen LogP contribution in [0.5, 0.6) is 0 Å². The van der Waals surface area contributed by atoms with Crippen molar-refractivity contribution in [3.05, 3.63) is 35.4 Å². The van der Waals surface area contributed by atoms with Crippen LogP contribution in [0.3, 0.4) is 0 Å². The van der Waals surface area contributed by atoms with Crippen molar-refractivity contribution < 1.29 is 0 Å². The van der Waals surface area contributed by atoms with Crippen molar-refractivity contribution in [1.82, 2.24) is 5.32 Å². The second-order valence-corrected chi connectivity index (χ2v) is 3.76. The van der Waals surface area contributed by atoms with E-state index < -0.39 is 0 Å². The molecule has 0 saturated heterocycles. The molecule has 1 aliphatic rings. The zero-order valence-electron chi connectivity index (χ0n) is 7.96. The second-order valence-electron chi connectivity index (χ2n) is 3.76. The maximum absolute atomic E-state index is 5.72. The molecule has 1 aromatic rings. The number of nitrogens with two attached hydrogens (primary N) is 1. The van der Waals surface area contributed by atoms with Crippen molar-refractivity contribution in [2.24, 2.45) is 5.73 Å². The summed E-state index contributed by atoms with van der Waals surface area (Å²) in [6.07, 6.45) is 1.12. The third-order valence-electron chi connectivity index (χ3n) is 2.68. The molecular formula is C11H16N2. The molecule has 0 amide bonds. The molecule has 0 radical (unpaired) electrons. The lowest BCUT2D eigenvalue weighted by Gasteiger charge is -2.30. The number of hydrogen-bond acceptors (Lipinski definition) is 2. The molecule has 0 aromatic heterocycles. The van der Waals surface area contributed by atoms with Gasteiger partial charge in [-0.05, 0) is 24.5 Å². The van der Waals surface area contributed by atoms with E-state index in [-0.39, 0.29) is 0 Å². The predicted molar refractivity (Wildman–Crippen MR) is 54.5 cm³/mol. The van der Waals surface area contributed by atoms with Crippen molar-refractivity contribution in [2.75, 3.05) is 6.54 Å². The molecule has 1 aliphatic heterocycles. The zero-order chi connectivity index (χ0) is 9.26. The number of rotatable bonds is 1. The lowest BCUT2D eigenvalue weighted by Crippen LogP contribution is -2.40. The van der Waals surface area contributed by atoms with Crippen LogP contribution in [0.2, 0.25) is 0 Å². The van der Waals surface area contributed by atoms with Crippen LogP contribution < -0.4 is 11.1 Å². The van der Waals surface area contributed by atoms with Gasteiger partial charge in [0.25, 0.3) is 0 Å². The van der Waals surface area contributed by atoms with E-state index in [0.717, 1.165) is 6.42 Å². The summed E-state index contributed by atoms with van der Waals surface area (Å²) < 4.78 is 0. The van der Waals surface area contributed by atoms with Crippen molar-refractivity contribution >= 4 is 0 Å². The Kier molecular flexibility index (Phi) is 2.34. The third-order valence-corrected chi connectivity index (χ3v) is 2.68. The quantitative estimate of drug-likeness (QED) is 0.675. The van der Waals surface area contributed by atoms with Gasteiger partial charge in [-0.15, -0.1) is 0 Å². The van der Waals surface area contributed by atoms with Gasteiger partial charge >= 0.3 is 0 Å². The van der Waals surface area contributed by atoms with E-state index in [4.69, 9.17) is 5.73 Å². The molecule has 0 aliphatic carbocycles. The molecule has 13 heavy (non-hydrogen) atoms. The highest BCUT2D eigenvalue weighted by Crippen LogP contribution is 2.23. The molecule has 3 N–H and O–H groups in total. The van der Waals surface area contributed by atoms with E-state index in [9.17, 15) is 0 Å². The molecule has 2 nitrogen and oxygen atoms in total. The van der Waals surface area contributed by atoms with E-state index in [0.29, 0.717) is 18.6 Å². The first kappa shape index (κ1) is 8.73. The minimum atomic E-state index is 0.347. The molecular weight excluding hydrogens is 160 g/mol. The van der Waals surface area contributed by atoms with Gasteiger partial charge in [-0.25, -0.2) is 0 Å². The Hall–Kier alpha value is -0.860. The molecule has 0 fully saturated rings. The highest BCUT2D eigenvalue weighted by molar-refractivity contribution is 5.33. The first-order chi connectivity index (χ1) is 6.31. The maximum atomic E-state index is 5.72. The fourth-order valence-corrected chi connectivity index (χ4v) is 2.08. The van der Waals surface area contributed by atoms with Gasteiger partial charge in [0.1, 0.15) is 0 Å². The summed E-state index contributed by atoms with van der Waals surface area (Å²) in [5.41, 5.74) is 8.54. The van der Waals surface area contributed by atoms with Gasteiger partial charge in [-0.1, -0.05) is 24.3 Å². The normalized spacial score (nSPS) is 26.9. The number of benzene rings is 1. The molecule has 70 valence electrons. The van der Waals surface area contributed by atoms with Crippen LogP contribution in [-0.2, 0) is 6.42 Å². The molecule has 1 aromatic carbocycles. The minimum absolute atomic E-state index is 0.347. The van der Waals surface area contributed by atoms with E-state index >= 15 is 0 Å². The van der Waals surface area contributed by atoms with Crippen molar-refractivity contribution in [3.8, 4) is 0 Å². The van der Waals surface area contributed by atoms with Crippen molar-refractivity contribution in [2.45, 2.75) is 25.4 Å². The lowest BCUT2D eigenvalue weighted by molar-refractivity contribution is 0.428. The molecule has 0 spiro atoms. The Morgan fingerprint density at radius 3 is 3.00 bits per heavy atom. The third kappa shape index (κ3) is 1.60. The van der Waals surface area contributed by atoms with Gasteiger partial charge in [0.05, 0.1) is 0 Å². The number of hydrogen-bond donors (Lipinski definition) is 2. The Bertz CT molecular complexity index is 296. The van der Waals surface area contributed by atoms with E-state index in [1.54, 1.807) is 0 Å². The maximum Gasteiger partial charge on any atom is 0.0449 e. The van der Waals surface area contributed by atoms with Crippen molar-refractivity contribution in [3.63, 3.8) is 0 Å². The molecule has 1 heterocycles. The standard InChI is InChI=1S/C11H16N2/c1-8-6-9-4-2-3-5-10(9)11(7-12)13-8/h2-5,8,11,13H,6-7,12H2,1H3.